The Morgan fingerprint density at radius 2 is 1.73 bits per heavy atom. The van der Waals surface area contributed by atoms with Crippen molar-refractivity contribution in [2.45, 2.75) is 11.8 Å². The van der Waals surface area contributed by atoms with Crippen LogP contribution in [0.25, 0.3) is 17.0 Å². The third kappa shape index (κ3) is 3.79. The van der Waals surface area contributed by atoms with E-state index in [1.165, 1.54) is 20.3 Å². The second-order valence-corrected chi connectivity index (χ2v) is 8.25. The first-order chi connectivity index (χ1) is 14.4. The first-order valence-electron chi connectivity index (χ1n) is 9.07. The highest BCUT2D eigenvalue weighted by atomic mass is 32.2. The van der Waals surface area contributed by atoms with E-state index in [-0.39, 0.29) is 10.6 Å². The summed E-state index contributed by atoms with van der Waals surface area (Å²) < 4.78 is 40.5. The van der Waals surface area contributed by atoms with E-state index in [1.54, 1.807) is 36.4 Å². The number of aromatic nitrogens is 3. The molecule has 4 aromatic rings. The minimum atomic E-state index is -3.88. The molecule has 30 heavy (non-hydrogen) atoms. The van der Waals surface area contributed by atoms with Crippen LogP contribution in [-0.4, -0.2) is 37.0 Å². The van der Waals surface area contributed by atoms with Crippen molar-refractivity contribution in [2.24, 2.45) is 0 Å². The molecule has 0 fully saturated rings. The van der Waals surface area contributed by atoms with Crippen LogP contribution in [0.3, 0.4) is 0 Å². The summed E-state index contributed by atoms with van der Waals surface area (Å²) in [6.45, 7) is 1.91. The van der Waals surface area contributed by atoms with E-state index in [4.69, 9.17) is 9.47 Å². The van der Waals surface area contributed by atoms with E-state index in [9.17, 15) is 8.42 Å². The maximum absolute atomic E-state index is 12.9. The average molecular weight is 424 g/mol. The molecule has 4 rings (SSSR count). The number of hydrogen-bond donors (Lipinski definition) is 1. The summed E-state index contributed by atoms with van der Waals surface area (Å²) in [7, 11) is -0.986. The van der Waals surface area contributed by atoms with Crippen molar-refractivity contribution in [3.8, 4) is 22.8 Å². The molecule has 8 nitrogen and oxygen atoms in total. The minimum absolute atomic E-state index is 0.00442. The molecule has 2 aromatic heterocycles. The van der Waals surface area contributed by atoms with Crippen LogP contribution in [0, 0.1) is 6.92 Å². The van der Waals surface area contributed by atoms with Crippen LogP contribution in [0.15, 0.2) is 65.8 Å². The van der Waals surface area contributed by atoms with Gasteiger partial charge in [0, 0.05) is 35.4 Å². The lowest BCUT2D eigenvalue weighted by atomic mass is 10.1. The smallest absolute Gasteiger partial charge is 0.265 e. The fraction of sp³-hybridized carbons (Fsp3) is 0.143. The van der Waals surface area contributed by atoms with Crippen LogP contribution in [0.2, 0.25) is 0 Å². The number of fused-ring (bicyclic) bond motifs is 1. The molecule has 0 radical (unpaired) electrons. The molecule has 0 unspecified atom stereocenters. The van der Waals surface area contributed by atoms with Crippen molar-refractivity contribution in [1.29, 1.82) is 0 Å². The van der Waals surface area contributed by atoms with Crippen molar-refractivity contribution in [2.75, 3.05) is 18.9 Å². The number of anilines is 1. The van der Waals surface area contributed by atoms with Crippen molar-refractivity contribution in [3.63, 3.8) is 0 Å². The fourth-order valence-corrected chi connectivity index (χ4v) is 4.26. The van der Waals surface area contributed by atoms with E-state index in [0.717, 1.165) is 17.0 Å². The van der Waals surface area contributed by atoms with E-state index in [1.807, 2.05) is 29.8 Å². The summed E-state index contributed by atoms with van der Waals surface area (Å²) in [6, 6.07) is 13.5. The molecule has 0 saturated carbocycles. The van der Waals surface area contributed by atoms with Crippen molar-refractivity contribution >= 4 is 21.5 Å². The second kappa shape index (κ2) is 7.68. The predicted octanol–water partition coefficient (Wildman–Crippen LogP) is 3.52. The Morgan fingerprint density at radius 3 is 2.43 bits per heavy atom. The van der Waals surface area contributed by atoms with Gasteiger partial charge in [0.25, 0.3) is 10.0 Å². The normalized spacial score (nSPS) is 11.4. The minimum Gasteiger partial charge on any atom is -0.497 e. The Hall–Kier alpha value is -3.59. The number of methoxy groups -OCH3 is 2. The van der Waals surface area contributed by atoms with E-state index >= 15 is 0 Å². The summed E-state index contributed by atoms with van der Waals surface area (Å²) in [5, 5.41) is 0. The third-order valence-corrected chi connectivity index (χ3v) is 5.96. The number of sulfonamides is 1. The Bertz CT molecular complexity index is 1310. The molecular weight excluding hydrogens is 404 g/mol. The SMILES string of the molecule is COc1ccc(OC)c(S(=O)(=O)Nc2ccc(-c3cn4ccc(C)nc4n3)cc2)c1. The summed E-state index contributed by atoms with van der Waals surface area (Å²) >= 11 is 0. The first kappa shape index (κ1) is 19.7. The van der Waals surface area contributed by atoms with Crippen LogP contribution in [0.1, 0.15) is 5.69 Å². The first-order valence-corrected chi connectivity index (χ1v) is 10.6. The molecule has 0 aliphatic heterocycles. The molecule has 0 saturated heterocycles. The monoisotopic (exact) mass is 424 g/mol. The topological polar surface area (TPSA) is 94.8 Å². The van der Waals surface area contributed by atoms with Gasteiger partial charge in [-0.3, -0.25) is 9.12 Å². The van der Waals surface area contributed by atoms with Crippen LogP contribution < -0.4 is 14.2 Å². The van der Waals surface area contributed by atoms with Gasteiger partial charge in [0.05, 0.1) is 19.9 Å². The number of ether oxygens (including phenoxy) is 2. The highest BCUT2D eigenvalue weighted by Crippen LogP contribution is 2.30. The average Bonchev–Trinajstić information content (AvgIpc) is 3.16. The number of nitrogens with one attached hydrogen (secondary N) is 1. The molecule has 154 valence electrons. The Kier molecular flexibility index (Phi) is 5.04. The lowest BCUT2D eigenvalue weighted by molar-refractivity contribution is 0.392. The number of benzene rings is 2. The molecule has 0 aliphatic carbocycles. The van der Waals surface area contributed by atoms with E-state index in [0.29, 0.717) is 17.2 Å². The van der Waals surface area contributed by atoms with Gasteiger partial charge in [-0.15, -0.1) is 0 Å². The molecule has 0 bridgehead atoms. The van der Waals surface area contributed by atoms with Gasteiger partial charge in [-0.2, -0.15) is 0 Å². The largest absolute Gasteiger partial charge is 0.497 e. The van der Waals surface area contributed by atoms with Crippen molar-refractivity contribution in [3.05, 3.63) is 66.6 Å². The number of aryl methyl sites for hydroxylation is 1. The van der Waals surface area contributed by atoms with E-state index < -0.39 is 10.0 Å². The van der Waals surface area contributed by atoms with Gasteiger partial charge in [-0.1, -0.05) is 12.1 Å². The standard InChI is InChI=1S/C21H20N4O4S/c1-14-10-11-25-13-18(23-21(25)22-14)15-4-6-16(7-5-15)24-30(26,27)20-12-17(28-2)8-9-19(20)29-3/h4-13,24H,1-3H3. The number of nitrogens with zero attached hydrogens (tertiary/aromatic N) is 3. The van der Waals surface area contributed by atoms with E-state index in [2.05, 4.69) is 14.7 Å². The molecule has 0 atom stereocenters. The van der Waals surface area contributed by atoms with Crippen LogP contribution in [0.4, 0.5) is 5.69 Å². The van der Waals surface area contributed by atoms with Crippen LogP contribution in [0.5, 0.6) is 11.5 Å². The lowest BCUT2D eigenvalue weighted by Gasteiger charge is -2.13. The molecule has 2 aromatic carbocycles. The van der Waals surface area contributed by atoms with Gasteiger partial charge >= 0.3 is 0 Å². The van der Waals surface area contributed by atoms with Crippen LogP contribution >= 0.6 is 0 Å². The van der Waals surface area contributed by atoms with Crippen LogP contribution in [-0.2, 0) is 10.0 Å². The van der Waals surface area contributed by atoms with Crippen molar-refractivity contribution in [1.82, 2.24) is 14.4 Å². The van der Waals surface area contributed by atoms with Gasteiger partial charge in [0.1, 0.15) is 16.4 Å². The fourth-order valence-electron chi connectivity index (χ4n) is 3.01. The molecule has 0 spiro atoms. The maximum atomic E-state index is 12.9. The zero-order chi connectivity index (χ0) is 21.3. The summed E-state index contributed by atoms with van der Waals surface area (Å²) in [5.41, 5.74) is 2.90. The number of imidazole rings is 1. The van der Waals surface area contributed by atoms with Crippen molar-refractivity contribution < 1.29 is 17.9 Å². The molecule has 2 heterocycles. The zero-order valence-corrected chi connectivity index (χ0v) is 17.5. The van der Waals surface area contributed by atoms with Gasteiger partial charge in [-0.05, 0) is 37.3 Å². The number of rotatable bonds is 6. The highest BCUT2D eigenvalue weighted by Gasteiger charge is 2.21. The maximum Gasteiger partial charge on any atom is 0.265 e. The Morgan fingerprint density at radius 1 is 0.967 bits per heavy atom. The number of hydrogen-bond acceptors (Lipinski definition) is 6. The van der Waals surface area contributed by atoms with Gasteiger partial charge < -0.3 is 9.47 Å². The summed E-state index contributed by atoms with van der Waals surface area (Å²) in [4.78, 5) is 8.91. The highest BCUT2D eigenvalue weighted by molar-refractivity contribution is 7.92. The van der Waals surface area contributed by atoms with Gasteiger partial charge in [-0.25, -0.2) is 18.4 Å². The summed E-state index contributed by atoms with van der Waals surface area (Å²) in [6.07, 6.45) is 3.78. The molecule has 0 amide bonds. The predicted molar refractivity (Wildman–Crippen MR) is 114 cm³/mol. The zero-order valence-electron chi connectivity index (χ0n) is 16.7. The summed E-state index contributed by atoms with van der Waals surface area (Å²) in [5.74, 6) is 1.26. The molecule has 9 heteroatoms. The molecule has 1 N–H and O–H groups in total. The van der Waals surface area contributed by atoms with Gasteiger partial charge in [0.2, 0.25) is 5.78 Å². The van der Waals surface area contributed by atoms with Gasteiger partial charge in [0.15, 0.2) is 0 Å². The second-order valence-electron chi connectivity index (χ2n) is 6.60. The molecular formula is C21H20N4O4S. The quantitative estimate of drug-likeness (QED) is 0.509. The Labute approximate surface area is 174 Å². The molecule has 0 aliphatic rings. The Balaban J connectivity index is 1.61. The third-order valence-electron chi connectivity index (χ3n) is 4.56. The lowest BCUT2D eigenvalue weighted by Crippen LogP contribution is -2.14.